The van der Waals surface area contributed by atoms with Crippen LogP contribution in [0, 0.1) is 6.92 Å². The molecule has 0 spiro atoms. The Labute approximate surface area is 166 Å². The standard InChI is InChI=1S/C21H19N5OS/c1-13-8-10-15(11-9-13)19-24-21(26-25-19)28-14(2)20(27)23-18-7-3-6-17-16(18)5-4-12-22-17/h3-12,14H,1-2H3,(H,23,27)(H,24,25,26). The molecule has 0 aliphatic rings. The van der Waals surface area contributed by atoms with E-state index in [1.54, 1.807) is 6.20 Å². The number of benzene rings is 2. The largest absolute Gasteiger partial charge is 0.324 e. The maximum atomic E-state index is 12.7. The number of aromatic nitrogens is 4. The van der Waals surface area contributed by atoms with E-state index < -0.39 is 0 Å². The number of carbonyl (C=O) groups is 1. The van der Waals surface area contributed by atoms with E-state index in [-0.39, 0.29) is 11.2 Å². The summed E-state index contributed by atoms with van der Waals surface area (Å²) in [6.45, 7) is 3.88. The SMILES string of the molecule is Cc1ccc(-c2nc(SC(C)C(=O)Nc3cccc4ncccc34)n[nH]2)cc1. The Morgan fingerprint density at radius 1 is 1.11 bits per heavy atom. The molecular weight excluding hydrogens is 370 g/mol. The first-order chi connectivity index (χ1) is 13.6. The number of hydrogen-bond donors (Lipinski definition) is 2. The van der Waals surface area contributed by atoms with Gasteiger partial charge in [-0.15, -0.1) is 5.10 Å². The Bertz CT molecular complexity index is 1120. The van der Waals surface area contributed by atoms with E-state index in [2.05, 4.69) is 25.5 Å². The van der Waals surface area contributed by atoms with E-state index in [1.807, 2.05) is 68.4 Å². The number of pyridine rings is 1. The Balaban J connectivity index is 1.45. The van der Waals surface area contributed by atoms with Crippen LogP contribution < -0.4 is 5.32 Å². The summed E-state index contributed by atoms with van der Waals surface area (Å²) in [5.74, 6) is 0.582. The van der Waals surface area contributed by atoms with Crippen LogP contribution in [-0.2, 0) is 4.79 Å². The average molecular weight is 389 g/mol. The summed E-state index contributed by atoms with van der Waals surface area (Å²) in [6.07, 6.45) is 1.74. The lowest BCUT2D eigenvalue weighted by molar-refractivity contribution is -0.115. The van der Waals surface area contributed by atoms with Gasteiger partial charge in [0.15, 0.2) is 5.82 Å². The van der Waals surface area contributed by atoms with Crippen molar-refractivity contribution in [2.45, 2.75) is 24.3 Å². The predicted molar refractivity (Wildman–Crippen MR) is 112 cm³/mol. The monoisotopic (exact) mass is 389 g/mol. The number of hydrogen-bond acceptors (Lipinski definition) is 5. The molecule has 2 N–H and O–H groups in total. The van der Waals surface area contributed by atoms with Crippen LogP contribution in [0.4, 0.5) is 5.69 Å². The number of thioether (sulfide) groups is 1. The fraction of sp³-hybridized carbons (Fsp3) is 0.143. The van der Waals surface area contributed by atoms with Crippen molar-refractivity contribution >= 4 is 34.3 Å². The number of rotatable bonds is 5. The van der Waals surface area contributed by atoms with Crippen molar-refractivity contribution in [1.29, 1.82) is 0 Å². The van der Waals surface area contributed by atoms with E-state index in [0.717, 1.165) is 22.2 Å². The van der Waals surface area contributed by atoms with Gasteiger partial charge < -0.3 is 5.32 Å². The van der Waals surface area contributed by atoms with Gasteiger partial charge in [0.1, 0.15) is 0 Å². The molecular formula is C21H19N5OS. The summed E-state index contributed by atoms with van der Waals surface area (Å²) in [5.41, 5.74) is 3.74. The van der Waals surface area contributed by atoms with Crippen LogP contribution in [0.3, 0.4) is 0 Å². The first-order valence-corrected chi connectivity index (χ1v) is 9.79. The molecule has 2 heterocycles. The first-order valence-electron chi connectivity index (χ1n) is 8.91. The van der Waals surface area contributed by atoms with Crippen LogP contribution in [0.25, 0.3) is 22.3 Å². The molecule has 0 radical (unpaired) electrons. The van der Waals surface area contributed by atoms with Crippen LogP contribution in [0.1, 0.15) is 12.5 Å². The van der Waals surface area contributed by atoms with E-state index in [1.165, 1.54) is 17.3 Å². The third-order valence-corrected chi connectivity index (χ3v) is 5.31. The van der Waals surface area contributed by atoms with Crippen molar-refractivity contribution in [3.63, 3.8) is 0 Å². The number of fused-ring (bicyclic) bond motifs is 1. The molecule has 7 heteroatoms. The Hall–Kier alpha value is -3.19. The van der Waals surface area contributed by atoms with Crippen molar-refractivity contribution in [2.24, 2.45) is 0 Å². The third kappa shape index (κ3) is 3.89. The highest BCUT2D eigenvalue weighted by molar-refractivity contribution is 8.00. The molecule has 0 bridgehead atoms. The van der Waals surface area contributed by atoms with E-state index in [4.69, 9.17) is 0 Å². The van der Waals surface area contributed by atoms with Gasteiger partial charge in [-0.05, 0) is 38.1 Å². The summed E-state index contributed by atoms with van der Waals surface area (Å²) < 4.78 is 0. The number of carbonyl (C=O) groups excluding carboxylic acids is 1. The van der Waals surface area contributed by atoms with Crippen molar-refractivity contribution < 1.29 is 4.79 Å². The first kappa shape index (κ1) is 18.2. The minimum atomic E-state index is -0.353. The molecule has 1 atom stereocenters. The lowest BCUT2D eigenvalue weighted by atomic mass is 10.1. The topological polar surface area (TPSA) is 83.6 Å². The number of aryl methyl sites for hydroxylation is 1. The van der Waals surface area contributed by atoms with Gasteiger partial charge in [-0.3, -0.25) is 14.9 Å². The van der Waals surface area contributed by atoms with Crippen LogP contribution in [-0.4, -0.2) is 31.3 Å². The van der Waals surface area contributed by atoms with Crippen LogP contribution >= 0.6 is 11.8 Å². The summed E-state index contributed by atoms with van der Waals surface area (Å²) in [7, 11) is 0. The fourth-order valence-electron chi connectivity index (χ4n) is 2.80. The van der Waals surface area contributed by atoms with Gasteiger partial charge >= 0.3 is 0 Å². The number of nitrogens with one attached hydrogen (secondary N) is 2. The molecule has 4 aromatic rings. The second-order valence-corrected chi connectivity index (χ2v) is 7.77. The zero-order chi connectivity index (χ0) is 19.5. The van der Waals surface area contributed by atoms with Crippen LogP contribution in [0.5, 0.6) is 0 Å². The lowest BCUT2D eigenvalue weighted by Gasteiger charge is -2.12. The van der Waals surface area contributed by atoms with Gasteiger partial charge in [0.2, 0.25) is 11.1 Å². The summed E-state index contributed by atoms with van der Waals surface area (Å²) in [5, 5.41) is 11.3. The second-order valence-electron chi connectivity index (χ2n) is 6.46. The maximum Gasteiger partial charge on any atom is 0.237 e. The van der Waals surface area contributed by atoms with Gasteiger partial charge in [0.05, 0.1) is 16.5 Å². The molecule has 0 saturated heterocycles. The van der Waals surface area contributed by atoms with E-state index in [9.17, 15) is 4.79 Å². The fourth-order valence-corrected chi connectivity index (χ4v) is 3.52. The van der Waals surface area contributed by atoms with Crippen molar-refractivity contribution in [3.8, 4) is 11.4 Å². The minimum Gasteiger partial charge on any atom is -0.324 e. The number of nitrogens with zero attached hydrogens (tertiary/aromatic N) is 3. The number of H-pyrrole nitrogens is 1. The zero-order valence-corrected chi connectivity index (χ0v) is 16.3. The van der Waals surface area contributed by atoms with E-state index >= 15 is 0 Å². The molecule has 0 fully saturated rings. The molecule has 1 unspecified atom stereocenters. The highest BCUT2D eigenvalue weighted by Crippen LogP contribution is 2.26. The Morgan fingerprint density at radius 2 is 1.93 bits per heavy atom. The number of amides is 1. The molecule has 4 rings (SSSR count). The highest BCUT2D eigenvalue weighted by Gasteiger charge is 2.18. The predicted octanol–water partition coefficient (Wildman–Crippen LogP) is 4.45. The van der Waals surface area contributed by atoms with Gasteiger partial charge in [0, 0.05) is 17.1 Å². The zero-order valence-electron chi connectivity index (χ0n) is 15.5. The normalized spacial score (nSPS) is 12.1. The maximum absolute atomic E-state index is 12.7. The smallest absolute Gasteiger partial charge is 0.237 e. The van der Waals surface area contributed by atoms with Crippen molar-refractivity contribution in [2.75, 3.05) is 5.32 Å². The van der Waals surface area contributed by atoms with Crippen molar-refractivity contribution in [1.82, 2.24) is 20.2 Å². The molecule has 140 valence electrons. The molecule has 0 saturated carbocycles. The van der Waals surface area contributed by atoms with Gasteiger partial charge in [-0.2, -0.15) is 0 Å². The molecule has 6 nitrogen and oxygen atoms in total. The molecule has 1 amide bonds. The lowest BCUT2D eigenvalue weighted by Crippen LogP contribution is -2.22. The van der Waals surface area contributed by atoms with Crippen LogP contribution in [0.2, 0.25) is 0 Å². The number of anilines is 1. The highest BCUT2D eigenvalue weighted by atomic mass is 32.2. The van der Waals surface area contributed by atoms with Crippen molar-refractivity contribution in [3.05, 3.63) is 66.4 Å². The molecule has 0 aliphatic carbocycles. The minimum absolute atomic E-state index is 0.108. The second kappa shape index (κ2) is 7.82. The van der Waals surface area contributed by atoms with Crippen LogP contribution in [0.15, 0.2) is 66.0 Å². The Morgan fingerprint density at radius 3 is 2.75 bits per heavy atom. The average Bonchev–Trinajstić information content (AvgIpc) is 3.17. The Kier molecular flexibility index (Phi) is 5.08. The molecule has 0 aliphatic heterocycles. The van der Waals surface area contributed by atoms with Gasteiger partial charge in [-0.1, -0.05) is 47.7 Å². The third-order valence-electron chi connectivity index (χ3n) is 4.34. The summed E-state index contributed by atoms with van der Waals surface area (Å²) >= 11 is 1.31. The molecule has 28 heavy (non-hydrogen) atoms. The quantitative estimate of drug-likeness (QED) is 0.493. The number of aromatic amines is 1. The molecule has 2 aromatic carbocycles. The summed E-state index contributed by atoms with van der Waals surface area (Å²) in [6, 6.07) is 17.5. The molecule has 2 aromatic heterocycles. The summed E-state index contributed by atoms with van der Waals surface area (Å²) in [4.78, 5) is 21.5. The van der Waals surface area contributed by atoms with Gasteiger partial charge in [0.25, 0.3) is 0 Å². The van der Waals surface area contributed by atoms with E-state index in [0.29, 0.717) is 11.0 Å². The van der Waals surface area contributed by atoms with Gasteiger partial charge in [-0.25, -0.2) is 4.98 Å².